The van der Waals surface area contributed by atoms with Crippen molar-refractivity contribution in [1.29, 1.82) is 0 Å². The van der Waals surface area contributed by atoms with Crippen LogP contribution in [0.25, 0.3) is 0 Å². The summed E-state index contributed by atoms with van der Waals surface area (Å²) in [4.78, 5) is 0. The number of benzene rings is 2. The first-order valence-electron chi connectivity index (χ1n) is 7.01. The minimum Gasteiger partial charge on any atom is -0.417 e. The lowest BCUT2D eigenvalue weighted by molar-refractivity contribution is 1.41. The van der Waals surface area contributed by atoms with Gasteiger partial charge in [0.2, 0.25) is 0 Å². The molecule has 0 saturated heterocycles. The lowest BCUT2D eigenvalue weighted by Crippen LogP contribution is -2.60. The second-order valence-electron chi connectivity index (χ2n) is 6.48. The fraction of sp³-hybridized carbons (Fsp3) is 0.250. The van der Waals surface area contributed by atoms with E-state index in [0.717, 1.165) is 4.47 Å². The van der Waals surface area contributed by atoms with Crippen molar-refractivity contribution in [2.24, 2.45) is 0 Å². The molecule has 0 bridgehead atoms. The Kier molecular flexibility index (Phi) is 3.23. The normalized spacial score (nSPS) is 18.9. The maximum absolute atomic E-state index is 3.54. The van der Waals surface area contributed by atoms with E-state index < -0.39 is 16.5 Å². The van der Waals surface area contributed by atoms with Gasteiger partial charge in [-0.05, 0) is 60.8 Å². The van der Waals surface area contributed by atoms with Gasteiger partial charge in [0.25, 0.3) is 0 Å². The largest absolute Gasteiger partial charge is 0.417 e. The molecule has 20 heavy (non-hydrogen) atoms. The van der Waals surface area contributed by atoms with Gasteiger partial charge in [-0.2, -0.15) is 0 Å². The molecule has 0 fully saturated rings. The van der Waals surface area contributed by atoms with E-state index in [1.807, 2.05) is 0 Å². The van der Waals surface area contributed by atoms with Gasteiger partial charge in [-0.3, -0.25) is 0 Å². The van der Waals surface area contributed by atoms with Crippen LogP contribution in [0.1, 0.15) is 0 Å². The molecular weight excluding hydrogens is 342 g/mol. The lowest BCUT2D eigenvalue weighted by Gasteiger charge is -2.41. The maximum atomic E-state index is 3.54. The van der Waals surface area contributed by atoms with Gasteiger partial charge in [0.05, 0.1) is 0 Å². The van der Waals surface area contributed by atoms with Crippen LogP contribution >= 0.6 is 15.9 Å². The fourth-order valence-corrected chi connectivity index (χ4v) is 16.7. The van der Waals surface area contributed by atoms with Gasteiger partial charge in [0.15, 0.2) is 16.5 Å². The molecule has 1 nitrogen and oxygen atoms in total. The molecule has 1 aliphatic rings. The number of rotatable bonds is 1. The van der Waals surface area contributed by atoms with Crippen molar-refractivity contribution >= 4 is 48.5 Å². The summed E-state index contributed by atoms with van der Waals surface area (Å²) < 4.78 is 3.95. The summed E-state index contributed by atoms with van der Waals surface area (Å²) in [7, 11) is -3.21. The van der Waals surface area contributed by atoms with Crippen molar-refractivity contribution in [3.05, 3.63) is 53.0 Å². The Hall–Kier alpha value is -0.846. The first-order valence-corrected chi connectivity index (χ1v) is 13.7. The molecule has 0 aromatic heterocycles. The van der Waals surface area contributed by atoms with Gasteiger partial charge in [-0.15, -0.1) is 0 Å². The van der Waals surface area contributed by atoms with Gasteiger partial charge < -0.3 is 4.23 Å². The number of halogens is 1. The molecule has 4 heteroatoms. The number of hydrogen-bond donors (Lipinski definition) is 0. The molecule has 0 atom stereocenters. The van der Waals surface area contributed by atoms with Crippen molar-refractivity contribution in [3.63, 3.8) is 0 Å². The molecule has 2 aromatic rings. The maximum Gasteiger partial charge on any atom is 0.174 e. The highest BCUT2D eigenvalue weighted by Crippen LogP contribution is 2.32. The minimum absolute atomic E-state index is 1.15. The van der Waals surface area contributed by atoms with Gasteiger partial charge in [-0.1, -0.05) is 40.2 Å². The van der Waals surface area contributed by atoms with Crippen molar-refractivity contribution in [3.8, 4) is 0 Å². The fourth-order valence-electron chi connectivity index (χ4n) is 3.73. The van der Waals surface area contributed by atoms with Crippen LogP contribution in [0.2, 0.25) is 26.2 Å². The summed E-state index contributed by atoms with van der Waals surface area (Å²) in [6.45, 7) is 9.93. The van der Waals surface area contributed by atoms with Gasteiger partial charge in [-0.25, -0.2) is 0 Å². The molecule has 0 saturated carbocycles. The van der Waals surface area contributed by atoms with Crippen LogP contribution in [-0.4, -0.2) is 16.5 Å². The Morgan fingerprint density at radius 2 is 1.20 bits per heavy atom. The molecule has 0 amide bonds. The van der Waals surface area contributed by atoms with Crippen molar-refractivity contribution in [2.45, 2.75) is 26.2 Å². The van der Waals surface area contributed by atoms with Crippen LogP contribution in [0, 0.1) is 0 Å². The van der Waals surface area contributed by atoms with E-state index in [1.165, 1.54) is 5.69 Å². The molecule has 1 aliphatic heterocycles. The predicted octanol–water partition coefficient (Wildman–Crippen LogP) is 3.79. The first-order chi connectivity index (χ1) is 9.35. The molecule has 0 spiro atoms. The molecule has 0 N–H and O–H groups in total. The second-order valence-corrected chi connectivity index (χ2v) is 16.0. The third-order valence-electron chi connectivity index (χ3n) is 4.45. The van der Waals surface area contributed by atoms with Gasteiger partial charge in [0, 0.05) is 10.2 Å². The van der Waals surface area contributed by atoms with E-state index in [1.54, 1.807) is 10.4 Å². The van der Waals surface area contributed by atoms with E-state index in [-0.39, 0.29) is 0 Å². The van der Waals surface area contributed by atoms with Crippen molar-refractivity contribution in [2.75, 3.05) is 4.23 Å². The zero-order chi connectivity index (χ0) is 14.5. The Morgan fingerprint density at radius 1 is 0.750 bits per heavy atom. The third-order valence-corrected chi connectivity index (χ3v) is 14.8. The van der Waals surface area contributed by atoms with Crippen LogP contribution < -0.4 is 14.6 Å². The van der Waals surface area contributed by atoms with E-state index in [4.69, 9.17) is 0 Å². The van der Waals surface area contributed by atoms with E-state index in [2.05, 4.69) is 94.9 Å². The highest BCUT2D eigenvalue weighted by atomic mass is 79.9. The van der Waals surface area contributed by atoms with Crippen LogP contribution in [0.3, 0.4) is 0 Å². The molecule has 104 valence electrons. The summed E-state index contributed by atoms with van der Waals surface area (Å²) in [6.07, 6.45) is 0. The molecule has 0 radical (unpaired) electrons. The van der Waals surface area contributed by atoms with E-state index in [0.29, 0.717) is 0 Å². The highest BCUT2D eigenvalue weighted by molar-refractivity contribution is 9.10. The topological polar surface area (TPSA) is 3.24 Å². The first kappa shape index (κ1) is 14.1. The summed E-state index contributed by atoms with van der Waals surface area (Å²) in [5.74, 6) is 0. The molecule has 0 unspecified atom stereocenters. The van der Waals surface area contributed by atoms with E-state index in [9.17, 15) is 0 Å². The molecule has 3 rings (SSSR count). The summed E-state index contributed by atoms with van der Waals surface area (Å²) >= 11 is 3.54. The number of anilines is 1. The molecular formula is C16H20BrNSi2. The Labute approximate surface area is 131 Å². The summed E-state index contributed by atoms with van der Waals surface area (Å²) in [5, 5.41) is 3.25. The van der Waals surface area contributed by atoms with Crippen LogP contribution in [-0.2, 0) is 0 Å². The van der Waals surface area contributed by atoms with Crippen LogP contribution in [0.15, 0.2) is 53.0 Å². The average molecular weight is 362 g/mol. The third kappa shape index (κ3) is 1.93. The SMILES string of the molecule is C[Si]1(C)c2ccccc2[Si](C)(C)N1c1ccc(Br)cc1. The Morgan fingerprint density at radius 3 is 1.65 bits per heavy atom. The smallest absolute Gasteiger partial charge is 0.174 e. The molecule has 0 aliphatic carbocycles. The van der Waals surface area contributed by atoms with Crippen LogP contribution in [0.4, 0.5) is 5.69 Å². The quantitative estimate of drug-likeness (QED) is 0.698. The Bertz CT molecular complexity index is 615. The summed E-state index contributed by atoms with van der Waals surface area (Å²) in [5.41, 5.74) is 1.39. The predicted molar refractivity (Wildman–Crippen MR) is 97.3 cm³/mol. The Balaban J connectivity index is 2.20. The number of fused-ring (bicyclic) bond motifs is 1. The molecule has 2 aromatic carbocycles. The standard InChI is InChI=1S/C16H20BrNSi2/c1-19(2)15-7-5-6-8-16(15)20(3,4)18(19)14-11-9-13(17)10-12-14/h5-12H,1-4H3. The highest BCUT2D eigenvalue weighted by Gasteiger charge is 2.51. The van der Waals surface area contributed by atoms with Gasteiger partial charge in [0.1, 0.15) is 0 Å². The van der Waals surface area contributed by atoms with Crippen LogP contribution in [0.5, 0.6) is 0 Å². The van der Waals surface area contributed by atoms with Crippen molar-refractivity contribution < 1.29 is 0 Å². The summed E-state index contributed by atoms with van der Waals surface area (Å²) in [6, 6.07) is 18.0. The monoisotopic (exact) mass is 361 g/mol. The number of nitrogens with zero attached hydrogens (tertiary/aromatic N) is 1. The van der Waals surface area contributed by atoms with Crippen molar-refractivity contribution in [1.82, 2.24) is 0 Å². The van der Waals surface area contributed by atoms with E-state index >= 15 is 0 Å². The zero-order valence-corrected chi connectivity index (χ0v) is 16.0. The molecule has 1 heterocycles. The van der Waals surface area contributed by atoms with Gasteiger partial charge >= 0.3 is 0 Å². The number of hydrogen-bond acceptors (Lipinski definition) is 1. The minimum atomic E-state index is -1.60. The second kappa shape index (κ2) is 4.58. The average Bonchev–Trinajstić information content (AvgIpc) is 2.56. The lowest BCUT2D eigenvalue weighted by atomic mass is 10.3. The zero-order valence-electron chi connectivity index (χ0n) is 12.4.